The van der Waals surface area contributed by atoms with E-state index in [4.69, 9.17) is 5.73 Å². The predicted octanol–water partition coefficient (Wildman–Crippen LogP) is 3.41. The second-order valence-corrected chi connectivity index (χ2v) is 7.49. The summed E-state index contributed by atoms with van der Waals surface area (Å²) in [6.07, 6.45) is 2.75. The minimum atomic E-state index is -4.44. The molecule has 3 aromatic heterocycles. The van der Waals surface area contributed by atoms with Crippen molar-refractivity contribution >= 4 is 16.9 Å². The number of rotatable bonds is 3. The van der Waals surface area contributed by atoms with Crippen LogP contribution in [0.5, 0.6) is 0 Å². The Morgan fingerprint density at radius 3 is 2.68 bits per heavy atom. The smallest absolute Gasteiger partial charge is 0.382 e. The lowest BCUT2D eigenvalue weighted by Gasteiger charge is -2.22. The van der Waals surface area contributed by atoms with Crippen molar-refractivity contribution in [2.24, 2.45) is 0 Å². The van der Waals surface area contributed by atoms with Gasteiger partial charge in [-0.2, -0.15) is 18.3 Å². The summed E-state index contributed by atoms with van der Waals surface area (Å²) in [5.41, 5.74) is 7.47. The van der Waals surface area contributed by atoms with Crippen molar-refractivity contribution in [3.63, 3.8) is 0 Å². The minimum absolute atomic E-state index is 0.129. The van der Waals surface area contributed by atoms with E-state index >= 15 is 0 Å². The molecule has 11 heteroatoms. The highest BCUT2D eigenvalue weighted by atomic mass is 19.4. The molecule has 160 valence electrons. The van der Waals surface area contributed by atoms with Crippen molar-refractivity contribution < 1.29 is 13.2 Å². The van der Waals surface area contributed by atoms with Crippen LogP contribution < -0.4 is 11.1 Å². The summed E-state index contributed by atoms with van der Waals surface area (Å²) < 4.78 is 40.9. The third kappa shape index (κ3) is 3.72. The van der Waals surface area contributed by atoms with Crippen LogP contribution in [0.3, 0.4) is 0 Å². The molecule has 8 nitrogen and oxygen atoms in total. The maximum Gasteiger partial charge on any atom is 0.416 e. The number of fused-ring (bicyclic) bond motifs is 1. The van der Waals surface area contributed by atoms with Crippen LogP contribution in [0.2, 0.25) is 0 Å². The highest BCUT2D eigenvalue weighted by molar-refractivity contribution is 5.81. The number of hydrogen-bond donors (Lipinski definition) is 3. The quantitative estimate of drug-likeness (QED) is 0.461. The van der Waals surface area contributed by atoms with Gasteiger partial charge in [0.15, 0.2) is 11.6 Å². The number of anilines is 1. The highest BCUT2D eigenvalue weighted by Crippen LogP contribution is 2.32. The van der Waals surface area contributed by atoms with Crippen molar-refractivity contribution in [3.05, 3.63) is 42.4 Å². The first-order valence-corrected chi connectivity index (χ1v) is 9.83. The molecule has 5 rings (SSSR count). The number of alkyl halides is 3. The maximum absolute atomic E-state index is 13.0. The first-order chi connectivity index (χ1) is 14.9. The number of nitrogens with zero attached hydrogens (tertiary/aromatic N) is 5. The first-order valence-electron chi connectivity index (χ1n) is 9.83. The van der Waals surface area contributed by atoms with Crippen molar-refractivity contribution in [2.45, 2.75) is 25.1 Å². The van der Waals surface area contributed by atoms with Gasteiger partial charge in [-0.3, -0.25) is 4.68 Å². The van der Waals surface area contributed by atoms with Gasteiger partial charge in [0.1, 0.15) is 5.69 Å². The molecular formula is C20H19F3N8. The molecule has 4 N–H and O–H groups in total. The number of aromatic amines is 1. The maximum atomic E-state index is 13.0. The standard InChI is InChI=1S/C20H19F3N8/c21-20(22,23)12-1-2-14-15(7-12)30-19(29-14)17-18(24)26-9-16(28-17)11-8-27-31(10-11)13-3-5-25-6-4-13/h1-2,7-10,13,25H,3-6H2,(H2,24,26)(H,29,30). The zero-order valence-electron chi connectivity index (χ0n) is 16.3. The fraction of sp³-hybridized carbons (Fsp3) is 0.300. The van der Waals surface area contributed by atoms with Gasteiger partial charge in [-0.05, 0) is 44.1 Å². The van der Waals surface area contributed by atoms with E-state index < -0.39 is 11.7 Å². The van der Waals surface area contributed by atoms with Crippen molar-refractivity contribution in [3.8, 4) is 22.8 Å². The van der Waals surface area contributed by atoms with Crippen molar-refractivity contribution in [1.82, 2.24) is 35.0 Å². The number of aromatic nitrogens is 6. The van der Waals surface area contributed by atoms with Crippen LogP contribution in [0.25, 0.3) is 33.8 Å². The molecule has 0 atom stereocenters. The fourth-order valence-electron chi connectivity index (χ4n) is 3.75. The Morgan fingerprint density at radius 2 is 1.90 bits per heavy atom. The topological polar surface area (TPSA) is 110 Å². The van der Waals surface area contributed by atoms with Gasteiger partial charge in [-0.15, -0.1) is 0 Å². The normalized spacial score (nSPS) is 15.6. The lowest BCUT2D eigenvalue weighted by Crippen LogP contribution is -2.29. The largest absolute Gasteiger partial charge is 0.416 e. The molecule has 0 spiro atoms. The molecule has 1 aromatic carbocycles. The van der Waals surface area contributed by atoms with E-state index in [0.717, 1.165) is 43.6 Å². The molecule has 4 heterocycles. The van der Waals surface area contributed by atoms with Gasteiger partial charge in [-0.1, -0.05) is 0 Å². The van der Waals surface area contributed by atoms with Gasteiger partial charge >= 0.3 is 6.18 Å². The van der Waals surface area contributed by atoms with E-state index in [1.54, 1.807) is 12.4 Å². The zero-order chi connectivity index (χ0) is 21.6. The molecule has 4 aromatic rings. The molecule has 0 radical (unpaired) electrons. The van der Waals surface area contributed by atoms with Gasteiger partial charge in [0.25, 0.3) is 0 Å². The number of halogens is 3. The van der Waals surface area contributed by atoms with Crippen LogP contribution in [-0.4, -0.2) is 42.8 Å². The zero-order valence-corrected chi connectivity index (χ0v) is 16.3. The number of nitrogens with two attached hydrogens (primary N) is 1. The highest BCUT2D eigenvalue weighted by Gasteiger charge is 2.31. The van der Waals surface area contributed by atoms with Gasteiger partial charge in [-0.25, -0.2) is 15.0 Å². The van der Waals surface area contributed by atoms with E-state index in [9.17, 15) is 13.2 Å². The van der Waals surface area contributed by atoms with Crippen LogP contribution in [0.1, 0.15) is 24.4 Å². The summed E-state index contributed by atoms with van der Waals surface area (Å²) >= 11 is 0. The summed E-state index contributed by atoms with van der Waals surface area (Å²) in [5.74, 6) is 0.386. The monoisotopic (exact) mass is 428 g/mol. The van der Waals surface area contributed by atoms with Crippen LogP contribution in [-0.2, 0) is 6.18 Å². The molecule has 1 aliphatic heterocycles. The van der Waals surface area contributed by atoms with Crippen LogP contribution >= 0.6 is 0 Å². The SMILES string of the molecule is Nc1ncc(-c2cnn(C3CCNCC3)c2)nc1-c1nc2cc(C(F)(F)F)ccc2[nH]1. The van der Waals surface area contributed by atoms with Gasteiger partial charge in [0.2, 0.25) is 0 Å². The number of piperidine rings is 1. The molecular weight excluding hydrogens is 409 g/mol. The molecule has 0 unspecified atom stereocenters. The van der Waals surface area contributed by atoms with Gasteiger partial charge in [0, 0.05) is 11.8 Å². The van der Waals surface area contributed by atoms with Gasteiger partial charge < -0.3 is 16.0 Å². The lowest BCUT2D eigenvalue weighted by atomic mass is 10.1. The molecule has 0 saturated carbocycles. The van der Waals surface area contributed by atoms with E-state index in [0.29, 0.717) is 17.3 Å². The Balaban J connectivity index is 1.50. The third-order valence-electron chi connectivity index (χ3n) is 5.42. The average molecular weight is 428 g/mol. The summed E-state index contributed by atoms with van der Waals surface area (Å²) in [6.45, 7) is 1.90. The fourth-order valence-corrected chi connectivity index (χ4v) is 3.75. The molecule has 0 bridgehead atoms. The Labute approximate surface area is 174 Å². The number of imidazole rings is 1. The Bertz CT molecular complexity index is 1240. The van der Waals surface area contributed by atoms with Crippen LogP contribution in [0, 0.1) is 0 Å². The molecule has 0 amide bonds. The Morgan fingerprint density at radius 1 is 1.10 bits per heavy atom. The second kappa shape index (κ2) is 7.34. The summed E-state index contributed by atoms with van der Waals surface area (Å²) in [5, 5.41) is 7.80. The first kappa shape index (κ1) is 19.5. The summed E-state index contributed by atoms with van der Waals surface area (Å²) in [7, 11) is 0. The number of benzene rings is 1. The van der Waals surface area contributed by atoms with E-state index in [2.05, 4.69) is 30.4 Å². The molecule has 0 aliphatic carbocycles. The molecule has 1 aliphatic rings. The lowest BCUT2D eigenvalue weighted by molar-refractivity contribution is -0.137. The van der Waals surface area contributed by atoms with E-state index in [1.165, 1.54) is 6.07 Å². The number of hydrogen-bond acceptors (Lipinski definition) is 6. The minimum Gasteiger partial charge on any atom is -0.382 e. The molecule has 1 fully saturated rings. The molecule has 1 saturated heterocycles. The van der Waals surface area contributed by atoms with Gasteiger partial charge in [0.05, 0.1) is 40.7 Å². The van der Waals surface area contributed by atoms with E-state index in [-0.39, 0.29) is 22.9 Å². The number of nitrogen functional groups attached to an aromatic ring is 1. The van der Waals surface area contributed by atoms with Crippen LogP contribution in [0.15, 0.2) is 36.8 Å². The summed E-state index contributed by atoms with van der Waals surface area (Å²) in [4.78, 5) is 16.0. The van der Waals surface area contributed by atoms with Crippen molar-refractivity contribution in [1.29, 1.82) is 0 Å². The van der Waals surface area contributed by atoms with Crippen LogP contribution in [0.4, 0.5) is 19.0 Å². The van der Waals surface area contributed by atoms with E-state index in [1.807, 2.05) is 10.9 Å². The second-order valence-electron chi connectivity index (χ2n) is 7.49. The number of nitrogens with one attached hydrogen (secondary N) is 2. The molecule has 31 heavy (non-hydrogen) atoms. The Kier molecular flexibility index (Phi) is 4.62. The Hall–Kier alpha value is -3.47. The third-order valence-corrected chi connectivity index (χ3v) is 5.42. The van der Waals surface area contributed by atoms with Crippen molar-refractivity contribution in [2.75, 3.05) is 18.8 Å². The summed E-state index contributed by atoms with van der Waals surface area (Å²) in [6, 6.07) is 3.66. The predicted molar refractivity (Wildman–Crippen MR) is 109 cm³/mol. The number of H-pyrrole nitrogens is 1. The average Bonchev–Trinajstić information content (AvgIpc) is 3.41.